The molecule has 0 spiro atoms. The highest BCUT2D eigenvalue weighted by Crippen LogP contribution is 2.20. The van der Waals surface area contributed by atoms with Gasteiger partial charge in [0, 0.05) is 12.3 Å². The van der Waals surface area contributed by atoms with Gasteiger partial charge in [-0.3, -0.25) is 4.79 Å². The van der Waals surface area contributed by atoms with Gasteiger partial charge in [0.1, 0.15) is 0 Å². The number of benzene rings is 1. The number of aromatic hydroxyl groups is 1. The van der Waals surface area contributed by atoms with Crippen LogP contribution in [0.2, 0.25) is 0 Å². The Balaban J connectivity index is 0.00000220. The molecule has 1 aromatic heterocycles. The van der Waals surface area contributed by atoms with Gasteiger partial charge in [0.25, 0.3) is 0 Å². The topological polar surface area (TPSA) is 62.5 Å². The molecule has 0 unspecified atom stereocenters. The number of nitrogens with zero attached hydrogens (tertiary/aromatic N) is 1. The van der Waals surface area contributed by atoms with Crippen LogP contribution in [0.1, 0.15) is 24.2 Å². The van der Waals surface area contributed by atoms with Crippen LogP contribution in [-0.4, -0.2) is 21.4 Å². The van der Waals surface area contributed by atoms with Crippen molar-refractivity contribution in [3.8, 4) is 5.75 Å². The molecule has 0 aliphatic rings. The van der Waals surface area contributed by atoms with Crippen LogP contribution in [-0.2, 0) is 12.8 Å². The second-order valence-corrected chi connectivity index (χ2v) is 4.76. The molecule has 0 bridgehead atoms. The molecule has 1 atom stereocenters. The lowest BCUT2D eigenvalue weighted by Gasteiger charge is -2.22. The van der Waals surface area contributed by atoms with E-state index in [0.29, 0.717) is 18.5 Å². The molecule has 2 aromatic rings. The lowest BCUT2D eigenvalue weighted by atomic mass is 10.1. The molecular weight excluding hydrogens is 290 g/mol. The van der Waals surface area contributed by atoms with E-state index in [0.717, 1.165) is 5.56 Å². The predicted molar refractivity (Wildman–Crippen MR) is 85.3 cm³/mol. The third-order valence-electron chi connectivity index (χ3n) is 3.46. The zero-order valence-corrected chi connectivity index (χ0v) is 12.7. The molecule has 0 aliphatic heterocycles. The number of aliphatic hydroxyl groups is 1. The lowest BCUT2D eigenvalue weighted by Crippen LogP contribution is -2.21. The Labute approximate surface area is 130 Å². The van der Waals surface area contributed by atoms with E-state index in [-0.39, 0.29) is 36.2 Å². The molecule has 5 heteroatoms. The Morgan fingerprint density at radius 2 is 1.86 bits per heavy atom. The van der Waals surface area contributed by atoms with Gasteiger partial charge in [-0.1, -0.05) is 37.3 Å². The minimum Gasteiger partial charge on any atom is -0.503 e. The van der Waals surface area contributed by atoms with Crippen molar-refractivity contribution >= 4 is 12.4 Å². The number of pyridine rings is 1. The number of aromatic nitrogens is 1. The Hall–Kier alpha value is -1.78. The van der Waals surface area contributed by atoms with Gasteiger partial charge in [-0.2, -0.15) is 0 Å². The molecule has 0 amide bonds. The SMILES string of the molecule is CCc1c(O)c(=O)ccn1[C@H](CO)Cc1ccccc1.Cl. The van der Waals surface area contributed by atoms with Crippen molar-refractivity contribution in [3.63, 3.8) is 0 Å². The fraction of sp³-hybridized carbons (Fsp3) is 0.312. The zero-order valence-electron chi connectivity index (χ0n) is 11.9. The van der Waals surface area contributed by atoms with Crippen molar-refractivity contribution in [2.75, 3.05) is 6.61 Å². The smallest absolute Gasteiger partial charge is 0.223 e. The normalized spacial score (nSPS) is 11.7. The monoisotopic (exact) mass is 309 g/mol. The Kier molecular flexibility index (Phi) is 6.46. The summed E-state index contributed by atoms with van der Waals surface area (Å²) in [5, 5.41) is 19.5. The molecule has 0 aliphatic carbocycles. The third-order valence-corrected chi connectivity index (χ3v) is 3.46. The highest BCUT2D eigenvalue weighted by atomic mass is 35.5. The molecular formula is C16H20ClNO3. The van der Waals surface area contributed by atoms with Crippen LogP contribution in [0.25, 0.3) is 0 Å². The Morgan fingerprint density at radius 1 is 1.19 bits per heavy atom. The largest absolute Gasteiger partial charge is 0.503 e. The minimum absolute atomic E-state index is 0. The molecule has 0 radical (unpaired) electrons. The Bertz CT molecular complexity index is 625. The standard InChI is InChI=1S/C16H19NO3.ClH/c1-2-14-16(20)15(19)8-9-17(14)13(11-18)10-12-6-4-3-5-7-12;/h3-9,13,18,20H,2,10-11H2,1H3;1H/t13-;/m0./s1. The first-order chi connectivity index (χ1) is 9.67. The molecule has 2 N–H and O–H groups in total. The van der Waals surface area contributed by atoms with Gasteiger partial charge in [0.15, 0.2) is 5.75 Å². The summed E-state index contributed by atoms with van der Waals surface area (Å²) < 4.78 is 1.80. The van der Waals surface area contributed by atoms with Gasteiger partial charge in [-0.15, -0.1) is 12.4 Å². The summed E-state index contributed by atoms with van der Waals surface area (Å²) in [5.74, 6) is -0.221. The van der Waals surface area contributed by atoms with Crippen molar-refractivity contribution in [1.82, 2.24) is 4.57 Å². The predicted octanol–water partition coefficient (Wildman–Crippen LogP) is 2.31. The van der Waals surface area contributed by atoms with Crippen LogP contribution < -0.4 is 5.43 Å². The van der Waals surface area contributed by atoms with Crippen LogP contribution in [0.15, 0.2) is 47.4 Å². The highest BCUT2D eigenvalue weighted by Gasteiger charge is 2.16. The van der Waals surface area contributed by atoms with Gasteiger partial charge in [-0.25, -0.2) is 0 Å². The molecule has 114 valence electrons. The summed E-state index contributed by atoms with van der Waals surface area (Å²) in [5.41, 5.74) is 1.29. The second-order valence-electron chi connectivity index (χ2n) is 4.76. The van der Waals surface area contributed by atoms with E-state index in [1.807, 2.05) is 37.3 Å². The first-order valence-corrected chi connectivity index (χ1v) is 6.75. The van der Waals surface area contributed by atoms with Crippen LogP contribution in [0, 0.1) is 0 Å². The maximum Gasteiger partial charge on any atom is 0.223 e. The van der Waals surface area contributed by atoms with E-state index in [1.165, 1.54) is 6.07 Å². The molecule has 1 heterocycles. The van der Waals surface area contributed by atoms with Gasteiger partial charge in [0.2, 0.25) is 5.43 Å². The first-order valence-electron chi connectivity index (χ1n) is 6.75. The van der Waals surface area contributed by atoms with Crippen LogP contribution in [0.4, 0.5) is 0 Å². The van der Waals surface area contributed by atoms with Crippen molar-refractivity contribution in [2.24, 2.45) is 0 Å². The van der Waals surface area contributed by atoms with Crippen LogP contribution >= 0.6 is 12.4 Å². The quantitative estimate of drug-likeness (QED) is 0.891. The summed E-state index contributed by atoms with van der Waals surface area (Å²) in [7, 11) is 0. The van der Waals surface area contributed by atoms with Crippen LogP contribution in [0.5, 0.6) is 5.75 Å². The van der Waals surface area contributed by atoms with E-state index >= 15 is 0 Å². The van der Waals surface area contributed by atoms with Crippen LogP contribution in [0.3, 0.4) is 0 Å². The summed E-state index contributed by atoms with van der Waals surface area (Å²) >= 11 is 0. The Morgan fingerprint density at radius 3 is 2.43 bits per heavy atom. The molecule has 21 heavy (non-hydrogen) atoms. The number of hydrogen-bond donors (Lipinski definition) is 2. The van der Waals surface area contributed by atoms with E-state index in [9.17, 15) is 15.0 Å². The fourth-order valence-corrected chi connectivity index (χ4v) is 2.41. The van der Waals surface area contributed by atoms with Crippen molar-refractivity contribution in [3.05, 3.63) is 64.1 Å². The fourth-order valence-electron chi connectivity index (χ4n) is 2.41. The second kappa shape index (κ2) is 7.86. The van der Waals surface area contributed by atoms with Crippen molar-refractivity contribution < 1.29 is 10.2 Å². The third kappa shape index (κ3) is 3.86. The molecule has 4 nitrogen and oxygen atoms in total. The van der Waals surface area contributed by atoms with Gasteiger partial charge in [0.05, 0.1) is 18.3 Å². The van der Waals surface area contributed by atoms with E-state index in [1.54, 1.807) is 10.8 Å². The highest BCUT2D eigenvalue weighted by molar-refractivity contribution is 5.85. The van der Waals surface area contributed by atoms with Gasteiger partial charge >= 0.3 is 0 Å². The first kappa shape index (κ1) is 17.3. The number of aliphatic hydroxyl groups excluding tert-OH is 1. The summed E-state index contributed by atoms with van der Waals surface area (Å²) in [6.45, 7) is 1.83. The van der Waals surface area contributed by atoms with E-state index in [2.05, 4.69) is 0 Å². The average molecular weight is 310 g/mol. The van der Waals surface area contributed by atoms with E-state index < -0.39 is 0 Å². The molecule has 2 rings (SSSR count). The maximum atomic E-state index is 11.5. The van der Waals surface area contributed by atoms with Gasteiger partial charge < -0.3 is 14.8 Å². The van der Waals surface area contributed by atoms with E-state index in [4.69, 9.17) is 0 Å². The zero-order chi connectivity index (χ0) is 14.5. The number of halogens is 1. The molecule has 0 saturated heterocycles. The summed E-state index contributed by atoms with van der Waals surface area (Å²) in [6.07, 6.45) is 2.82. The summed E-state index contributed by atoms with van der Waals surface area (Å²) in [4.78, 5) is 11.5. The van der Waals surface area contributed by atoms with Gasteiger partial charge in [-0.05, 0) is 18.4 Å². The van der Waals surface area contributed by atoms with Crippen molar-refractivity contribution in [1.29, 1.82) is 0 Å². The average Bonchev–Trinajstić information content (AvgIpc) is 2.48. The number of hydrogen-bond acceptors (Lipinski definition) is 3. The minimum atomic E-state index is -0.380. The lowest BCUT2D eigenvalue weighted by molar-refractivity contribution is 0.223. The van der Waals surface area contributed by atoms with Crippen molar-refractivity contribution in [2.45, 2.75) is 25.8 Å². The molecule has 0 fully saturated rings. The maximum absolute atomic E-state index is 11.5. The number of rotatable bonds is 5. The summed E-state index contributed by atoms with van der Waals surface area (Å²) in [6, 6.07) is 11.0. The molecule has 0 saturated carbocycles. The molecule has 1 aromatic carbocycles.